The highest BCUT2D eigenvalue weighted by Gasteiger charge is 2.59. The van der Waals surface area contributed by atoms with Crippen molar-refractivity contribution in [3.8, 4) is 0 Å². The van der Waals surface area contributed by atoms with Crippen LogP contribution in [0, 0.1) is 0 Å². The van der Waals surface area contributed by atoms with Crippen molar-refractivity contribution >= 4 is 35.8 Å². The summed E-state index contributed by atoms with van der Waals surface area (Å²) < 4.78 is 55.4. The molecule has 3 fully saturated rings. The van der Waals surface area contributed by atoms with Crippen LogP contribution in [0.3, 0.4) is 0 Å². The van der Waals surface area contributed by atoms with Gasteiger partial charge in [0.05, 0.1) is 6.61 Å². The molecule has 3 heterocycles. The summed E-state index contributed by atoms with van der Waals surface area (Å²) in [5.74, 6) is -4.61. The Hall–Kier alpha value is -3.34. The van der Waals surface area contributed by atoms with E-state index in [9.17, 15) is 28.8 Å². The summed E-state index contributed by atoms with van der Waals surface area (Å²) in [6.07, 6.45) is -13.0. The second kappa shape index (κ2) is 13.3. The first-order chi connectivity index (χ1) is 18.8. The van der Waals surface area contributed by atoms with Crippen LogP contribution in [0.1, 0.15) is 41.5 Å². The summed E-state index contributed by atoms with van der Waals surface area (Å²) in [7, 11) is 0. The highest BCUT2D eigenvalue weighted by atomic mass is 16.8. The third kappa shape index (κ3) is 7.87. The number of hydrogen-bond acceptors (Lipinski definition) is 16. The molecule has 0 saturated carbocycles. The number of hydrogen-bond donors (Lipinski definition) is 0. The second-order valence-electron chi connectivity index (χ2n) is 9.19. The van der Waals surface area contributed by atoms with Gasteiger partial charge in [-0.3, -0.25) is 28.8 Å². The van der Waals surface area contributed by atoms with Crippen molar-refractivity contribution < 1.29 is 76.1 Å². The predicted octanol–water partition coefficient (Wildman–Crippen LogP) is -0.927. The fourth-order valence-electron chi connectivity index (χ4n) is 4.60. The fourth-order valence-corrected chi connectivity index (χ4v) is 4.60. The van der Waals surface area contributed by atoms with Gasteiger partial charge in [-0.25, -0.2) is 0 Å². The molecule has 3 rings (SSSR count). The third-order valence-electron chi connectivity index (χ3n) is 5.86. The molecule has 3 aliphatic heterocycles. The largest absolute Gasteiger partial charge is 0.463 e. The third-order valence-corrected chi connectivity index (χ3v) is 5.86. The van der Waals surface area contributed by atoms with Gasteiger partial charge >= 0.3 is 35.8 Å². The van der Waals surface area contributed by atoms with E-state index in [2.05, 4.69) is 0 Å². The predicted molar refractivity (Wildman–Crippen MR) is 123 cm³/mol. The first kappa shape index (κ1) is 31.2. The van der Waals surface area contributed by atoms with Crippen LogP contribution in [-0.2, 0) is 76.1 Å². The van der Waals surface area contributed by atoms with Gasteiger partial charge in [0.15, 0.2) is 43.1 Å². The normalized spacial score (nSPS) is 34.6. The highest BCUT2D eigenvalue weighted by Crippen LogP contribution is 2.37. The quantitative estimate of drug-likeness (QED) is 0.241. The molecule has 16 heteroatoms. The molecule has 224 valence electrons. The molecule has 0 spiro atoms. The Morgan fingerprint density at radius 3 is 1.57 bits per heavy atom. The Morgan fingerprint density at radius 2 is 1.05 bits per heavy atom. The van der Waals surface area contributed by atoms with Gasteiger partial charge in [-0.05, 0) is 0 Å². The number of ether oxygens (including phenoxy) is 10. The van der Waals surface area contributed by atoms with E-state index in [0.29, 0.717) is 0 Å². The van der Waals surface area contributed by atoms with E-state index in [1.54, 1.807) is 0 Å². The van der Waals surface area contributed by atoms with Crippen molar-refractivity contribution in [2.24, 2.45) is 0 Å². The van der Waals surface area contributed by atoms with Gasteiger partial charge in [0.2, 0.25) is 0 Å². The van der Waals surface area contributed by atoms with Crippen LogP contribution < -0.4 is 0 Å². The van der Waals surface area contributed by atoms with E-state index in [0.717, 1.165) is 41.5 Å². The lowest BCUT2D eigenvalue weighted by Gasteiger charge is -2.46. The summed E-state index contributed by atoms with van der Waals surface area (Å²) in [5, 5.41) is 0. The minimum absolute atomic E-state index is 0.0594. The molecule has 0 aromatic heterocycles. The van der Waals surface area contributed by atoms with Crippen molar-refractivity contribution in [3.63, 3.8) is 0 Å². The minimum Gasteiger partial charge on any atom is -0.463 e. The fraction of sp³-hybridized carbons (Fsp3) is 0.750. The van der Waals surface area contributed by atoms with E-state index in [4.69, 9.17) is 47.4 Å². The maximum atomic E-state index is 12.1. The van der Waals surface area contributed by atoms with Crippen molar-refractivity contribution in [2.75, 3.05) is 13.2 Å². The number of rotatable bonds is 9. The van der Waals surface area contributed by atoms with Crippen LogP contribution in [0.25, 0.3) is 0 Å². The average molecular weight is 577 g/mol. The molecule has 0 amide bonds. The molecule has 10 atom stereocenters. The van der Waals surface area contributed by atoms with E-state index >= 15 is 0 Å². The number of esters is 6. The van der Waals surface area contributed by atoms with Gasteiger partial charge in [-0.1, -0.05) is 0 Å². The zero-order valence-corrected chi connectivity index (χ0v) is 22.7. The van der Waals surface area contributed by atoms with Crippen LogP contribution in [-0.4, -0.2) is 110 Å². The Labute approximate surface area is 228 Å². The van der Waals surface area contributed by atoms with Gasteiger partial charge in [0.25, 0.3) is 0 Å². The number of carbonyl (C=O) groups excluding carboxylic acids is 6. The zero-order chi connectivity index (χ0) is 29.7. The maximum absolute atomic E-state index is 12.1. The standard InChI is InChI=1S/C24H32O16/c1-9(25)31-7-15-17(33-10(2)26)19(34-11(3)27)22(37-14(6)30)24(39-15)40-18-16-8-32-23(38-16)21(36-13(5)29)20(18)35-12(4)28/h15-24H,7-8H2,1-6H3/t15-,16-,17-,18-,19+,20+,21-,22-,23-,24+/m1/s1. The van der Waals surface area contributed by atoms with Crippen LogP contribution in [0.4, 0.5) is 0 Å². The van der Waals surface area contributed by atoms with Gasteiger partial charge in [0.1, 0.15) is 24.9 Å². The summed E-state index contributed by atoms with van der Waals surface area (Å²) >= 11 is 0. The first-order valence-electron chi connectivity index (χ1n) is 12.3. The van der Waals surface area contributed by atoms with E-state index in [-0.39, 0.29) is 6.61 Å². The van der Waals surface area contributed by atoms with Crippen LogP contribution in [0.2, 0.25) is 0 Å². The van der Waals surface area contributed by atoms with Crippen molar-refractivity contribution in [1.29, 1.82) is 0 Å². The van der Waals surface area contributed by atoms with E-state index in [1.807, 2.05) is 0 Å². The van der Waals surface area contributed by atoms with Crippen LogP contribution in [0.15, 0.2) is 0 Å². The van der Waals surface area contributed by atoms with Gasteiger partial charge < -0.3 is 47.4 Å². The SMILES string of the molecule is CC(=O)OC[C@H]1O[C@@H](O[C@H]2[C@H](OC(C)=O)[C@@H](OC(C)=O)[C@@H]3OC[C@H]2O3)[C@H](OC(C)=O)[C@@H](OC(C)=O)[C@@H]1OC(C)=O. The minimum atomic E-state index is -1.59. The Balaban J connectivity index is 2.02. The topological polar surface area (TPSA) is 195 Å². The Morgan fingerprint density at radius 1 is 0.575 bits per heavy atom. The lowest BCUT2D eigenvalue weighted by atomic mass is 9.96. The molecule has 40 heavy (non-hydrogen) atoms. The van der Waals surface area contributed by atoms with Crippen molar-refractivity contribution in [2.45, 2.75) is 103 Å². The van der Waals surface area contributed by atoms with Gasteiger partial charge in [-0.15, -0.1) is 0 Å². The summed E-state index contributed by atoms with van der Waals surface area (Å²) in [6, 6.07) is 0. The maximum Gasteiger partial charge on any atom is 0.303 e. The Bertz CT molecular complexity index is 995. The van der Waals surface area contributed by atoms with Gasteiger partial charge in [0, 0.05) is 41.5 Å². The molecule has 0 unspecified atom stereocenters. The molecule has 0 aliphatic carbocycles. The second-order valence-corrected chi connectivity index (χ2v) is 9.19. The smallest absolute Gasteiger partial charge is 0.303 e. The molecular weight excluding hydrogens is 544 g/mol. The van der Waals surface area contributed by atoms with Crippen molar-refractivity contribution in [1.82, 2.24) is 0 Å². The molecule has 3 saturated heterocycles. The molecule has 0 aromatic carbocycles. The zero-order valence-electron chi connectivity index (χ0n) is 22.7. The molecule has 0 N–H and O–H groups in total. The van der Waals surface area contributed by atoms with Gasteiger partial charge in [-0.2, -0.15) is 0 Å². The summed E-state index contributed by atoms with van der Waals surface area (Å²) in [6.45, 7) is 6.12. The first-order valence-corrected chi connectivity index (χ1v) is 12.3. The Kier molecular flexibility index (Phi) is 10.4. The van der Waals surface area contributed by atoms with Crippen molar-refractivity contribution in [3.05, 3.63) is 0 Å². The molecule has 0 radical (unpaired) electrons. The molecule has 3 aliphatic rings. The lowest BCUT2D eigenvalue weighted by Crippen LogP contribution is -2.65. The van der Waals surface area contributed by atoms with E-state index in [1.165, 1.54) is 0 Å². The lowest BCUT2D eigenvalue weighted by molar-refractivity contribution is -0.340. The van der Waals surface area contributed by atoms with Crippen LogP contribution >= 0.6 is 0 Å². The molecule has 16 nitrogen and oxygen atoms in total. The average Bonchev–Trinajstić information content (AvgIpc) is 3.26. The number of fused-ring (bicyclic) bond motifs is 2. The molecular formula is C24H32O16. The molecule has 2 bridgehead atoms. The number of carbonyl (C=O) groups is 6. The monoisotopic (exact) mass is 576 g/mol. The summed E-state index contributed by atoms with van der Waals surface area (Å²) in [4.78, 5) is 71.4. The van der Waals surface area contributed by atoms with Crippen LogP contribution in [0.5, 0.6) is 0 Å². The highest BCUT2D eigenvalue weighted by molar-refractivity contribution is 5.69. The summed E-state index contributed by atoms with van der Waals surface area (Å²) in [5.41, 5.74) is 0. The molecule has 0 aromatic rings. The van der Waals surface area contributed by atoms with E-state index < -0.39 is 104 Å².